The highest BCUT2D eigenvalue weighted by atomic mass is 16.3. The molecule has 0 saturated carbocycles. The van der Waals surface area contributed by atoms with Crippen molar-refractivity contribution < 1.29 is 12.1 Å². The van der Waals surface area contributed by atoms with Gasteiger partial charge in [0.05, 0.1) is 5.54 Å². The summed E-state index contributed by atoms with van der Waals surface area (Å²) in [4.78, 5) is 15.4. The topological polar surface area (TPSA) is 67.2 Å². The van der Waals surface area contributed by atoms with Crippen LogP contribution in [0.15, 0.2) is 10.7 Å². The van der Waals surface area contributed by atoms with E-state index in [2.05, 4.69) is 15.6 Å². The lowest BCUT2D eigenvalue weighted by Crippen LogP contribution is -2.36. The molecule has 0 aliphatic rings. The molecule has 88 valence electrons. The fourth-order valence-corrected chi connectivity index (χ4v) is 1.31. The summed E-state index contributed by atoms with van der Waals surface area (Å²) in [6.07, 6.45) is 1.37. The monoisotopic (exact) mass is 215 g/mol. The molecule has 0 aliphatic carbocycles. The fourth-order valence-electron chi connectivity index (χ4n) is 1.31. The van der Waals surface area contributed by atoms with Gasteiger partial charge in [0.2, 0.25) is 5.89 Å². The van der Waals surface area contributed by atoms with Crippen molar-refractivity contribution >= 4 is 5.91 Å². The lowest BCUT2D eigenvalue weighted by atomic mass is 10.1. The van der Waals surface area contributed by atoms with Crippen LogP contribution in [-0.4, -0.2) is 24.5 Å². The van der Waals surface area contributed by atoms with Crippen molar-refractivity contribution in [3.63, 3.8) is 0 Å². The Labute approximate surface area is 92.2 Å². The van der Waals surface area contributed by atoms with Gasteiger partial charge in [-0.2, -0.15) is 0 Å². The van der Waals surface area contributed by atoms with Crippen LogP contribution in [0.4, 0.5) is 0 Å². The third-order valence-electron chi connectivity index (χ3n) is 2.12. The largest absolute Gasteiger partial charge is 0.446 e. The van der Waals surface area contributed by atoms with Crippen molar-refractivity contribution in [3.05, 3.63) is 17.8 Å². The maximum Gasteiger partial charge on any atom is 0.272 e. The third-order valence-corrected chi connectivity index (χ3v) is 2.12. The Morgan fingerprint density at radius 1 is 1.67 bits per heavy atom. The molecule has 0 aliphatic heterocycles. The van der Waals surface area contributed by atoms with Gasteiger partial charge in [-0.05, 0) is 20.4 Å². The molecular weight excluding hydrogens is 194 g/mol. The van der Waals surface area contributed by atoms with Crippen LogP contribution >= 0.6 is 0 Å². The minimum absolute atomic E-state index is 0. The standard InChI is InChI=1S/C10H17N3O2.2H2/c1-5-12-10(2,3)9-13-7(6-15-9)8(14)11-4;;/h6,12H,5H2,1-4H3,(H,11,14);2*1H. The van der Waals surface area contributed by atoms with Crippen LogP contribution in [0.1, 0.15) is 40.0 Å². The van der Waals surface area contributed by atoms with E-state index in [4.69, 9.17) is 4.42 Å². The number of amides is 1. The van der Waals surface area contributed by atoms with Gasteiger partial charge in [-0.25, -0.2) is 4.98 Å². The maximum atomic E-state index is 11.3. The van der Waals surface area contributed by atoms with Gasteiger partial charge in [0.25, 0.3) is 5.91 Å². The fraction of sp³-hybridized carbons (Fsp3) is 0.600. The molecule has 5 heteroatoms. The second-order valence-electron chi connectivity index (χ2n) is 3.77. The van der Waals surface area contributed by atoms with Crippen LogP contribution in [0.25, 0.3) is 0 Å². The van der Waals surface area contributed by atoms with E-state index < -0.39 is 0 Å². The number of rotatable bonds is 4. The van der Waals surface area contributed by atoms with Crippen molar-refractivity contribution in [2.75, 3.05) is 13.6 Å². The van der Waals surface area contributed by atoms with Crippen LogP contribution in [0.3, 0.4) is 0 Å². The van der Waals surface area contributed by atoms with Gasteiger partial charge in [0, 0.05) is 9.90 Å². The summed E-state index contributed by atoms with van der Waals surface area (Å²) in [5, 5.41) is 5.72. The average Bonchev–Trinajstić information content (AvgIpc) is 2.66. The normalized spacial score (nSPS) is 11.5. The summed E-state index contributed by atoms with van der Waals surface area (Å²) in [6.45, 7) is 6.72. The first kappa shape index (κ1) is 11.7. The number of oxazole rings is 1. The van der Waals surface area contributed by atoms with E-state index in [0.717, 1.165) is 6.54 Å². The second kappa shape index (κ2) is 4.44. The molecule has 0 fully saturated rings. The smallest absolute Gasteiger partial charge is 0.272 e. The van der Waals surface area contributed by atoms with Crippen LogP contribution in [0, 0.1) is 0 Å². The average molecular weight is 215 g/mol. The molecule has 0 unspecified atom stereocenters. The Morgan fingerprint density at radius 3 is 2.87 bits per heavy atom. The first-order chi connectivity index (χ1) is 7.01. The van der Waals surface area contributed by atoms with E-state index in [9.17, 15) is 4.79 Å². The molecule has 1 aromatic rings. The van der Waals surface area contributed by atoms with E-state index in [-0.39, 0.29) is 14.3 Å². The van der Waals surface area contributed by atoms with E-state index >= 15 is 0 Å². The van der Waals surface area contributed by atoms with Crippen molar-refractivity contribution in [2.45, 2.75) is 26.3 Å². The first-order valence-electron chi connectivity index (χ1n) is 4.94. The summed E-state index contributed by atoms with van der Waals surface area (Å²) in [5.41, 5.74) is -0.0560. The summed E-state index contributed by atoms with van der Waals surface area (Å²) >= 11 is 0. The molecule has 1 heterocycles. The Morgan fingerprint density at radius 2 is 2.33 bits per heavy atom. The molecule has 15 heavy (non-hydrogen) atoms. The molecule has 0 atom stereocenters. The SMILES string of the molecule is CCNC(C)(C)c1nc(C(=O)NC)co1.[HH].[HH]. The molecule has 1 aromatic heterocycles. The number of nitrogens with zero attached hydrogens (tertiary/aromatic N) is 1. The lowest BCUT2D eigenvalue weighted by molar-refractivity contribution is 0.0958. The zero-order valence-corrected chi connectivity index (χ0v) is 9.55. The summed E-state index contributed by atoms with van der Waals surface area (Å²) in [5.74, 6) is 0.278. The summed E-state index contributed by atoms with van der Waals surface area (Å²) < 4.78 is 5.27. The number of carbonyl (C=O) groups excluding carboxylic acids is 1. The van der Waals surface area contributed by atoms with Gasteiger partial charge in [-0.3, -0.25) is 4.79 Å². The van der Waals surface area contributed by atoms with Gasteiger partial charge in [0.1, 0.15) is 6.26 Å². The van der Waals surface area contributed by atoms with Crippen molar-refractivity contribution in [3.8, 4) is 0 Å². The van der Waals surface area contributed by atoms with E-state index in [1.54, 1.807) is 7.05 Å². The van der Waals surface area contributed by atoms with Crippen LogP contribution in [0.2, 0.25) is 0 Å². The van der Waals surface area contributed by atoms with E-state index in [1.807, 2.05) is 20.8 Å². The van der Waals surface area contributed by atoms with E-state index in [1.165, 1.54) is 6.26 Å². The number of hydrogen-bond donors (Lipinski definition) is 2. The Kier molecular flexibility index (Phi) is 3.47. The zero-order chi connectivity index (χ0) is 11.5. The Bertz CT molecular complexity index is 353. The number of aromatic nitrogens is 1. The number of hydrogen-bond acceptors (Lipinski definition) is 4. The van der Waals surface area contributed by atoms with Gasteiger partial charge < -0.3 is 15.1 Å². The molecule has 1 rings (SSSR count). The number of carbonyl (C=O) groups is 1. The minimum atomic E-state index is -0.360. The molecule has 0 bridgehead atoms. The molecule has 0 aromatic carbocycles. The van der Waals surface area contributed by atoms with Crippen LogP contribution in [0.5, 0.6) is 0 Å². The van der Waals surface area contributed by atoms with Crippen molar-refractivity contribution in [1.29, 1.82) is 0 Å². The van der Waals surface area contributed by atoms with Gasteiger partial charge >= 0.3 is 0 Å². The van der Waals surface area contributed by atoms with Gasteiger partial charge in [-0.15, -0.1) is 0 Å². The van der Waals surface area contributed by atoms with E-state index in [0.29, 0.717) is 11.6 Å². The quantitative estimate of drug-likeness (QED) is 0.796. The molecule has 1 amide bonds. The molecule has 0 radical (unpaired) electrons. The van der Waals surface area contributed by atoms with Gasteiger partial charge in [-0.1, -0.05) is 6.92 Å². The molecule has 0 spiro atoms. The zero-order valence-electron chi connectivity index (χ0n) is 9.55. The second-order valence-corrected chi connectivity index (χ2v) is 3.77. The van der Waals surface area contributed by atoms with Crippen molar-refractivity contribution in [2.24, 2.45) is 0 Å². The van der Waals surface area contributed by atoms with Crippen LogP contribution < -0.4 is 10.6 Å². The highest BCUT2D eigenvalue weighted by Crippen LogP contribution is 2.18. The number of nitrogens with one attached hydrogen (secondary N) is 2. The van der Waals surface area contributed by atoms with Gasteiger partial charge in [0.15, 0.2) is 5.69 Å². The summed E-state index contributed by atoms with van der Waals surface area (Å²) in [6, 6.07) is 0. The minimum Gasteiger partial charge on any atom is -0.446 e. The predicted molar refractivity (Wildman–Crippen MR) is 60.8 cm³/mol. The predicted octanol–water partition coefficient (Wildman–Crippen LogP) is 1.37. The molecule has 0 saturated heterocycles. The van der Waals surface area contributed by atoms with Crippen molar-refractivity contribution in [1.82, 2.24) is 15.6 Å². The lowest BCUT2D eigenvalue weighted by Gasteiger charge is -2.21. The highest BCUT2D eigenvalue weighted by Gasteiger charge is 2.26. The summed E-state index contributed by atoms with van der Waals surface area (Å²) in [7, 11) is 1.56. The van der Waals surface area contributed by atoms with Crippen LogP contribution in [-0.2, 0) is 5.54 Å². The molecule has 5 nitrogen and oxygen atoms in total. The Balaban J connectivity index is 0. The maximum absolute atomic E-state index is 11.3. The Hall–Kier alpha value is -1.36. The molecular formula is C10H21N3O2. The molecule has 2 N–H and O–H groups in total. The third kappa shape index (κ3) is 2.56. The first-order valence-corrected chi connectivity index (χ1v) is 4.94. The highest BCUT2D eigenvalue weighted by molar-refractivity contribution is 5.91.